The van der Waals surface area contributed by atoms with Gasteiger partial charge in [-0.05, 0) is 12.5 Å². The maximum absolute atomic E-state index is 12.4. The van der Waals surface area contributed by atoms with Crippen LogP contribution in [0.5, 0.6) is 0 Å². The van der Waals surface area contributed by atoms with Crippen molar-refractivity contribution in [3.8, 4) is 0 Å². The van der Waals surface area contributed by atoms with Crippen LogP contribution in [-0.4, -0.2) is 52.7 Å². The highest BCUT2D eigenvalue weighted by atomic mass is 16.6. The Morgan fingerprint density at radius 3 is 2.14 bits per heavy atom. The second-order valence-corrected chi connectivity index (χ2v) is 6.24. The zero-order valence-corrected chi connectivity index (χ0v) is 15.4. The van der Waals surface area contributed by atoms with Crippen LogP contribution in [0.3, 0.4) is 0 Å². The molecular weight excluding hydrogens is 364 g/mol. The molecule has 0 aliphatic rings. The van der Waals surface area contributed by atoms with Crippen molar-refractivity contribution in [1.82, 2.24) is 0 Å². The zero-order valence-electron chi connectivity index (χ0n) is 15.4. The predicted molar refractivity (Wildman–Crippen MR) is 99.5 cm³/mol. The Morgan fingerprint density at radius 2 is 1.57 bits per heavy atom. The van der Waals surface area contributed by atoms with Crippen LogP contribution in [0.15, 0.2) is 60.7 Å². The molecule has 2 rings (SSSR count). The highest BCUT2D eigenvalue weighted by Crippen LogP contribution is 2.15. The Morgan fingerprint density at radius 1 is 1.00 bits per heavy atom. The van der Waals surface area contributed by atoms with Crippen LogP contribution < -0.4 is 0 Å². The number of aliphatic hydroxyl groups is 2. The standard InChI is InChI=1S/C21H22O7/c1-15(22)19(24)21(26,14-27-12-16-8-4-2-5-9-16)20(25)28-13-18(23)17-10-6-3-7-11-17/h2-11,15,22,26H,12-14H2,1H3. The summed E-state index contributed by atoms with van der Waals surface area (Å²) >= 11 is 0. The molecule has 7 nitrogen and oxygen atoms in total. The summed E-state index contributed by atoms with van der Waals surface area (Å²) in [7, 11) is 0. The number of hydrogen-bond donors (Lipinski definition) is 2. The fraction of sp³-hybridized carbons (Fsp3) is 0.286. The van der Waals surface area contributed by atoms with Gasteiger partial charge in [-0.1, -0.05) is 60.7 Å². The summed E-state index contributed by atoms with van der Waals surface area (Å²) in [5, 5.41) is 20.1. The van der Waals surface area contributed by atoms with Crippen molar-refractivity contribution in [3.05, 3.63) is 71.8 Å². The lowest BCUT2D eigenvalue weighted by Crippen LogP contribution is -2.55. The van der Waals surface area contributed by atoms with E-state index < -0.39 is 42.5 Å². The van der Waals surface area contributed by atoms with Gasteiger partial charge in [0.25, 0.3) is 0 Å². The van der Waals surface area contributed by atoms with E-state index in [0.29, 0.717) is 5.56 Å². The highest BCUT2D eigenvalue weighted by molar-refractivity contribution is 6.09. The molecule has 28 heavy (non-hydrogen) atoms. The van der Waals surface area contributed by atoms with Gasteiger partial charge in [-0.15, -0.1) is 0 Å². The molecule has 0 aliphatic heterocycles. The summed E-state index contributed by atoms with van der Waals surface area (Å²) < 4.78 is 10.1. The van der Waals surface area contributed by atoms with E-state index in [1.807, 2.05) is 6.07 Å². The number of Topliss-reactive ketones (excluding diaryl/α,β-unsaturated/α-hetero) is 2. The summed E-state index contributed by atoms with van der Waals surface area (Å²) in [5.41, 5.74) is -1.64. The summed E-state index contributed by atoms with van der Waals surface area (Å²) in [5.74, 6) is -3.01. The monoisotopic (exact) mass is 386 g/mol. The van der Waals surface area contributed by atoms with Gasteiger partial charge in [-0.2, -0.15) is 0 Å². The van der Waals surface area contributed by atoms with E-state index in [9.17, 15) is 24.6 Å². The Kier molecular flexibility index (Phi) is 7.57. The molecule has 0 aliphatic carbocycles. The third-order valence-electron chi connectivity index (χ3n) is 3.98. The molecule has 0 aromatic heterocycles. The molecule has 148 valence electrons. The van der Waals surface area contributed by atoms with Gasteiger partial charge in [-0.25, -0.2) is 4.79 Å². The van der Waals surface area contributed by atoms with Gasteiger partial charge in [0.1, 0.15) is 6.10 Å². The maximum Gasteiger partial charge on any atom is 0.349 e. The average Bonchev–Trinajstić information content (AvgIpc) is 2.72. The first-order chi connectivity index (χ1) is 13.3. The van der Waals surface area contributed by atoms with Gasteiger partial charge in [0.15, 0.2) is 12.4 Å². The van der Waals surface area contributed by atoms with E-state index >= 15 is 0 Å². The van der Waals surface area contributed by atoms with Gasteiger partial charge in [0, 0.05) is 5.56 Å². The summed E-state index contributed by atoms with van der Waals surface area (Å²) in [6.45, 7) is -0.222. The second kappa shape index (κ2) is 9.89. The smallest absolute Gasteiger partial charge is 0.349 e. The number of ketones is 2. The van der Waals surface area contributed by atoms with Gasteiger partial charge >= 0.3 is 5.97 Å². The molecule has 2 unspecified atom stereocenters. The fourth-order valence-electron chi connectivity index (χ4n) is 2.42. The highest BCUT2D eigenvalue weighted by Gasteiger charge is 2.47. The molecule has 0 bridgehead atoms. The predicted octanol–water partition coefficient (Wildman–Crippen LogP) is 1.31. The lowest BCUT2D eigenvalue weighted by Gasteiger charge is -2.25. The van der Waals surface area contributed by atoms with Crippen molar-refractivity contribution >= 4 is 17.5 Å². The quantitative estimate of drug-likeness (QED) is 0.360. The average molecular weight is 386 g/mol. The molecule has 0 saturated heterocycles. The molecule has 2 aromatic rings. The van der Waals surface area contributed by atoms with Crippen LogP contribution in [0, 0.1) is 0 Å². The molecular formula is C21H22O7. The van der Waals surface area contributed by atoms with E-state index in [1.54, 1.807) is 54.6 Å². The van der Waals surface area contributed by atoms with E-state index in [1.165, 1.54) is 0 Å². The van der Waals surface area contributed by atoms with Crippen molar-refractivity contribution in [2.75, 3.05) is 13.2 Å². The van der Waals surface area contributed by atoms with Gasteiger partial charge in [0.2, 0.25) is 11.4 Å². The Balaban J connectivity index is 2.02. The van der Waals surface area contributed by atoms with Crippen LogP contribution in [0.25, 0.3) is 0 Å². The lowest BCUT2D eigenvalue weighted by molar-refractivity contribution is -0.179. The summed E-state index contributed by atoms with van der Waals surface area (Å²) in [4.78, 5) is 36.6. The molecule has 0 saturated carbocycles. The van der Waals surface area contributed by atoms with Crippen molar-refractivity contribution in [2.24, 2.45) is 0 Å². The van der Waals surface area contributed by atoms with Gasteiger partial charge in [-0.3, -0.25) is 9.59 Å². The number of esters is 1. The molecule has 2 atom stereocenters. The normalized spacial score (nSPS) is 14.0. The first kappa shape index (κ1) is 21.4. The molecule has 0 heterocycles. The lowest BCUT2D eigenvalue weighted by atomic mass is 9.96. The third kappa shape index (κ3) is 5.56. The minimum Gasteiger partial charge on any atom is -0.455 e. The molecule has 2 N–H and O–H groups in total. The molecule has 0 amide bonds. The number of carbonyl (C=O) groups excluding carboxylic acids is 3. The minimum absolute atomic E-state index is 0.0342. The van der Waals surface area contributed by atoms with Crippen LogP contribution in [-0.2, 0) is 25.7 Å². The summed E-state index contributed by atoms with van der Waals surface area (Å²) in [6, 6.07) is 17.1. The SMILES string of the molecule is CC(O)C(=O)C(O)(COCc1ccccc1)C(=O)OCC(=O)c1ccccc1. The number of aliphatic hydroxyl groups excluding tert-OH is 1. The first-order valence-corrected chi connectivity index (χ1v) is 8.66. The molecule has 0 radical (unpaired) electrons. The van der Waals surface area contributed by atoms with Crippen LogP contribution in [0.2, 0.25) is 0 Å². The summed E-state index contributed by atoms with van der Waals surface area (Å²) in [6.07, 6.45) is -1.62. The molecule has 0 fully saturated rings. The van der Waals surface area contributed by atoms with Crippen LogP contribution in [0.4, 0.5) is 0 Å². The topological polar surface area (TPSA) is 110 Å². The minimum atomic E-state index is -2.72. The molecule has 0 spiro atoms. The Bertz CT molecular complexity index is 802. The largest absolute Gasteiger partial charge is 0.455 e. The zero-order chi connectivity index (χ0) is 20.6. The van der Waals surface area contributed by atoms with Crippen molar-refractivity contribution in [1.29, 1.82) is 0 Å². The van der Waals surface area contributed by atoms with E-state index in [0.717, 1.165) is 12.5 Å². The van der Waals surface area contributed by atoms with E-state index in [-0.39, 0.29) is 6.61 Å². The van der Waals surface area contributed by atoms with E-state index in [2.05, 4.69) is 0 Å². The number of ether oxygens (including phenoxy) is 2. The van der Waals surface area contributed by atoms with Crippen molar-refractivity contribution < 1.29 is 34.1 Å². The number of rotatable bonds is 10. The fourth-order valence-corrected chi connectivity index (χ4v) is 2.42. The van der Waals surface area contributed by atoms with Gasteiger partial charge < -0.3 is 19.7 Å². The Labute approximate surface area is 162 Å². The van der Waals surface area contributed by atoms with Gasteiger partial charge in [0.05, 0.1) is 13.2 Å². The maximum atomic E-state index is 12.4. The van der Waals surface area contributed by atoms with E-state index in [4.69, 9.17) is 9.47 Å². The second-order valence-electron chi connectivity index (χ2n) is 6.24. The van der Waals surface area contributed by atoms with Crippen molar-refractivity contribution in [3.63, 3.8) is 0 Å². The van der Waals surface area contributed by atoms with Crippen LogP contribution in [0.1, 0.15) is 22.8 Å². The number of benzene rings is 2. The Hall–Kier alpha value is -2.87. The van der Waals surface area contributed by atoms with Crippen LogP contribution >= 0.6 is 0 Å². The number of carbonyl (C=O) groups is 3. The molecule has 2 aromatic carbocycles. The molecule has 7 heteroatoms. The first-order valence-electron chi connectivity index (χ1n) is 8.66. The number of hydrogen-bond acceptors (Lipinski definition) is 7. The third-order valence-corrected chi connectivity index (χ3v) is 3.98. The van der Waals surface area contributed by atoms with Crippen molar-refractivity contribution in [2.45, 2.75) is 25.2 Å².